The molecular weight excluding hydrogens is 348 g/mol. The van der Waals surface area contributed by atoms with Crippen LogP contribution in [0.2, 0.25) is 0 Å². The van der Waals surface area contributed by atoms with E-state index < -0.39 is 0 Å². The molecule has 2 N–H and O–H groups in total. The van der Waals surface area contributed by atoms with Crippen molar-refractivity contribution in [1.82, 2.24) is 20.2 Å². The minimum Gasteiger partial charge on any atom is -0.353 e. The third-order valence-electron chi connectivity index (χ3n) is 3.81. The molecule has 1 aliphatic heterocycles. The molecule has 0 saturated carbocycles. The number of aromatic nitrogens is 2. The number of nitrogens with one attached hydrogen (secondary N) is 2. The molecule has 1 amide bonds. The molecule has 0 aliphatic carbocycles. The van der Waals surface area contributed by atoms with Crippen molar-refractivity contribution in [2.24, 2.45) is 0 Å². The lowest BCUT2D eigenvalue weighted by atomic mass is 10.2. The molecule has 2 aromatic rings. The standard InChI is InChI=1S/C15H17BrN4O2/c16-10-3-4-13-12(6-10)15(22)20(9-19-13)8-14(21)18-7-11-2-1-5-17-11/h3-4,6,9,11,17H,1-2,5,7-8H2,(H,18,21). The summed E-state index contributed by atoms with van der Waals surface area (Å²) in [6.07, 6.45) is 3.64. The lowest BCUT2D eigenvalue weighted by Gasteiger charge is -2.12. The summed E-state index contributed by atoms with van der Waals surface area (Å²) in [7, 11) is 0. The molecule has 1 atom stereocenters. The van der Waals surface area contributed by atoms with E-state index in [1.807, 2.05) is 6.07 Å². The predicted molar refractivity (Wildman–Crippen MR) is 87.7 cm³/mol. The molecule has 7 heteroatoms. The first kappa shape index (κ1) is 15.2. The molecule has 0 spiro atoms. The summed E-state index contributed by atoms with van der Waals surface area (Å²) in [6, 6.07) is 5.67. The minimum absolute atomic E-state index is 0.0129. The van der Waals surface area contributed by atoms with Crippen LogP contribution in [0, 0.1) is 0 Å². The third-order valence-corrected chi connectivity index (χ3v) is 4.30. The largest absolute Gasteiger partial charge is 0.353 e. The highest BCUT2D eigenvalue weighted by Crippen LogP contribution is 2.14. The molecule has 3 rings (SSSR count). The van der Waals surface area contributed by atoms with Gasteiger partial charge in [-0.3, -0.25) is 14.2 Å². The average Bonchev–Trinajstić information content (AvgIpc) is 3.02. The number of hydrogen-bond acceptors (Lipinski definition) is 4. The van der Waals surface area contributed by atoms with Crippen LogP contribution in [0.4, 0.5) is 0 Å². The molecule has 1 aromatic carbocycles. The maximum atomic E-state index is 12.4. The van der Waals surface area contributed by atoms with E-state index in [-0.39, 0.29) is 18.0 Å². The van der Waals surface area contributed by atoms with E-state index in [1.54, 1.807) is 12.1 Å². The first-order valence-electron chi connectivity index (χ1n) is 7.28. The monoisotopic (exact) mass is 364 g/mol. The van der Waals surface area contributed by atoms with Gasteiger partial charge in [0, 0.05) is 17.1 Å². The zero-order chi connectivity index (χ0) is 15.5. The van der Waals surface area contributed by atoms with Gasteiger partial charge in [0.2, 0.25) is 5.91 Å². The Labute approximate surface area is 136 Å². The van der Waals surface area contributed by atoms with Crippen LogP contribution in [0.15, 0.2) is 33.8 Å². The van der Waals surface area contributed by atoms with Gasteiger partial charge < -0.3 is 10.6 Å². The number of hydrogen-bond donors (Lipinski definition) is 2. The maximum Gasteiger partial charge on any atom is 0.261 e. The van der Waals surface area contributed by atoms with Gasteiger partial charge in [-0.2, -0.15) is 0 Å². The van der Waals surface area contributed by atoms with E-state index in [9.17, 15) is 9.59 Å². The summed E-state index contributed by atoms with van der Waals surface area (Å²) in [5, 5.41) is 6.68. The van der Waals surface area contributed by atoms with E-state index in [2.05, 4.69) is 31.5 Å². The Hall–Kier alpha value is -1.73. The van der Waals surface area contributed by atoms with Crippen LogP contribution < -0.4 is 16.2 Å². The number of carbonyl (C=O) groups excluding carboxylic acids is 1. The van der Waals surface area contributed by atoms with Gasteiger partial charge in [0.05, 0.1) is 17.2 Å². The highest BCUT2D eigenvalue weighted by molar-refractivity contribution is 9.10. The summed E-state index contributed by atoms with van der Waals surface area (Å²) in [6.45, 7) is 1.59. The molecule has 2 heterocycles. The number of amides is 1. The van der Waals surface area contributed by atoms with Gasteiger partial charge in [-0.05, 0) is 37.6 Å². The van der Waals surface area contributed by atoms with Crippen molar-refractivity contribution in [3.8, 4) is 0 Å². The molecule has 22 heavy (non-hydrogen) atoms. The number of benzene rings is 1. The average molecular weight is 365 g/mol. The van der Waals surface area contributed by atoms with Crippen molar-refractivity contribution in [1.29, 1.82) is 0 Å². The van der Waals surface area contributed by atoms with Gasteiger partial charge in [-0.15, -0.1) is 0 Å². The van der Waals surface area contributed by atoms with E-state index in [4.69, 9.17) is 0 Å². The molecule has 1 aromatic heterocycles. The topological polar surface area (TPSA) is 76.0 Å². The fraction of sp³-hybridized carbons (Fsp3) is 0.400. The molecular formula is C15H17BrN4O2. The van der Waals surface area contributed by atoms with Crippen molar-refractivity contribution in [3.05, 3.63) is 39.4 Å². The van der Waals surface area contributed by atoms with Crippen molar-refractivity contribution >= 4 is 32.7 Å². The number of rotatable bonds is 4. The van der Waals surface area contributed by atoms with Crippen molar-refractivity contribution in [2.45, 2.75) is 25.4 Å². The SMILES string of the molecule is O=C(Cn1cnc2ccc(Br)cc2c1=O)NCC1CCCN1. The molecule has 0 radical (unpaired) electrons. The summed E-state index contributed by atoms with van der Waals surface area (Å²) in [5.41, 5.74) is 0.417. The second-order valence-corrected chi connectivity index (χ2v) is 6.35. The lowest BCUT2D eigenvalue weighted by molar-refractivity contribution is -0.121. The number of carbonyl (C=O) groups is 1. The van der Waals surface area contributed by atoms with Crippen molar-refractivity contribution in [3.63, 3.8) is 0 Å². The lowest BCUT2D eigenvalue weighted by Crippen LogP contribution is -2.39. The molecule has 1 saturated heterocycles. The second kappa shape index (κ2) is 6.58. The Kier molecular flexibility index (Phi) is 4.54. The Morgan fingerprint density at radius 3 is 3.14 bits per heavy atom. The molecule has 0 bridgehead atoms. The van der Waals surface area contributed by atoms with Crippen molar-refractivity contribution in [2.75, 3.05) is 13.1 Å². The first-order chi connectivity index (χ1) is 10.6. The zero-order valence-corrected chi connectivity index (χ0v) is 13.6. The first-order valence-corrected chi connectivity index (χ1v) is 8.07. The Morgan fingerprint density at radius 1 is 1.50 bits per heavy atom. The Bertz CT molecular complexity index is 753. The molecule has 1 fully saturated rings. The van der Waals surface area contributed by atoms with Crippen LogP contribution in [0.1, 0.15) is 12.8 Å². The van der Waals surface area contributed by atoms with Crippen molar-refractivity contribution < 1.29 is 4.79 Å². The Morgan fingerprint density at radius 2 is 2.36 bits per heavy atom. The van der Waals surface area contributed by atoms with Gasteiger partial charge in [-0.1, -0.05) is 15.9 Å². The third kappa shape index (κ3) is 3.36. The van der Waals surface area contributed by atoms with E-state index >= 15 is 0 Å². The summed E-state index contributed by atoms with van der Waals surface area (Å²) in [5.74, 6) is -0.174. The number of nitrogens with zero attached hydrogens (tertiary/aromatic N) is 2. The van der Waals surface area contributed by atoms with E-state index in [1.165, 1.54) is 10.9 Å². The van der Waals surface area contributed by atoms with Gasteiger partial charge in [-0.25, -0.2) is 4.98 Å². The van der Waals surface area contributed by atoms with Crippen LogP contribution >= 0.6 is 15.9 Å². The summed E-state index contributed by atoms with van der Waals surface area (Å²) in [4.78, 5) is 28.6. The smallest absolute Gasteiger partial charge is 0.261 e. The number of fused-ring (bicyclic) bond motifs is 1. The van der Waals surface area contributed by atoms with Gasteiger partial charge >= 0.3 is 0 Å². The summed E-state index contributed by atoms with van der Waals surface area (Å²) >= 11 is 3.34. The van der Waals surface area contributed by atoms with Gasteiger partial charge in [0.15, 0.2) is 0 Å². The van der Waals surface area contributed by atoms with Crippen LogP contribution in [-0.2, 0) is 11.3 Å². The Balaban J connectivity index is 1.71. The van der Waals surface area contributed by atoms with E-state index in [0.717, 1.165) is 23.9 Å². The summed E-state index contributed by atoms with van der Waals surface area (Å²) < 4.78 is 2.15. The highest BCUT2D eigenvalue weighted by atomic mass is 79.9. The zero-order valence-electron chi connectivity index (χ0n) is 12.0. The fourth-order valence-corrected chi connectivity index (χ4v) is 2.98. The van der Waals surface area contributed by atoms with Gasteiger partial charge in [0.25, 0.3) is 5.56 Å². The molecule has 1 unspecified atom stereocenters. The van der Waals surface area contributed by atoms with Crippen LogP contribution in [0.3, 0.4) is 0 Å². The molecule has 6 nitrogen and oxygen atoms in total. The molecule has 1 aliphatic rings. The quantitative estimate of drug-likeness (QED) is 0.849. The second-order valence-electron chi connectivity index (χ2n) is 5.44. The maximum absolute atomic E-state index is 12.4. The minimum atomic E-state index is -0.208. The normalized spacial score (nSPS) is 17.8. The fourth-order valence-electron chi connectivity index (χ4n) is 2.62. The van der Waals surface area contributed by atoms with Crippen LogP contribution in [-0.4, -0.2) is 34.6 Å². The van der Waals surface area contributed by atoms with E-state index in [0.29, 0.717) is 23.5 Å². The molecule has 116 valence electrons. The van der Waals surface area contributed by atoms with Crippen LogP contribution in [0.5, 0.6) is 0 Å². The number of halogens is 1. The van der Waals surface area contributed by atoms with Gasteiger partial charge in [0.1, 0.15) is 6.54 Å². The highest BCUT2D eigenvalue weighted by Gasteiger charge is 2.15. The predicted octanol–water partition coefficient (Wildman–Crippen LogP) is 1.03. The van der Waals surface area contributed by atoms with Crippen LogP contribution in [0.25, 0.3) is 10.9 Å².